The molecule has 1 fully saturated rings. The Labute approximate surface area is 363 Å². The minimum Gasteiger partial charge on any atom is -0.504 e. The van der Waals surface area contributed by atoms with Gasteiger partial charge in [-0.3, -0.25) is 14.9 Å². The molecule has 0 spiro atoms. The second kappa shape index (κ2) is 21.6. The molecule has 318 valence electrons. The van der Waals surface area contributed by atoms with Crippen LogP contribution in [0.1, 0.15) is 39.1 Å². The molecule has 0 bridgehead atoms. The summed E-state index contributed by atoms with van der Waals surface area (Å²) in [4.78, 5) is 41.7. The molecule has 0 aromatic heterocycles. The van der Waals surface area contributed by atoms with Gasteiger partial charge in [0.1, 0.15) is 6.10 Å². The van der Waals surface area contributed by atoms with Gasteiger partial charge in [-0.05, 0) is 76.6 Å². The Kier molecular flexibility index (Phi) is 15.1. The van der Waals surface area contributed by atoms with E-state index in [1.807, 2.05) is 60.7 Å². The Hall–Kier alpha value is -6.79. The number of anilines is 1. The summed E-state index contributed by atoms with van der Waals surface area (Å²) < 4.78 is 11.2. The fourth-order valence-corrected chi connectivity index (χ4v) is 7.72. The first-order chi connectivity index (χ1) is 30.4. The third kappa shape index (κ3) is 11.5. The molecule has 11 nitrogen and oxygen atoms in total. The highest BCUT2D eigenvalue weighted by Gasteiger charge is 2.24. The van der Waals surface area contributed by atoms with Gasteiger partial charge in [-0.2, -0.15) is 0 Å². The molecule has 0 unspecified atom stereocenters. The lowest BCUT2D eigenvalue weighted by Gasteiger charge is -2.31. The number of benzene rings is 6. The summed E-state index contributed by atoms with van der Waals surface area (Å²) in [5.41, 5.74) is 8.69. The third-order valence-electron chi connectivity index (χ3n) is 11.0. The Morgan fingerprint density at radius 2 is 1.34 bits per heavy atom. The Bertz CT molecular complexity index is 2440. The second-order valence-corrected chi connectivity index (χ2v) is 15.2. The number of phenolic OH excluding ortho intramolecular Hbond substituents is 1. The van der Waals surface area contributed by atoms with Crippen LogP contribution in [0, 0.1) is 0 Å². The van der Waals surface area contributed by atoms with Gasteiger partial charge in [0.2, 0.25) is 0 Å². The molecule has 6 aromatic carbocycles. The predicted molar refractivity (Wildman–Crippen MR) is 245 cm³/mol. The maximum absolute atomic E-state index is 13.5. The number of rotatable bonds is 18. The van der Waals surface area contributed by atoms with Crippen LogP contribution in [0.3, 0.4) is 0 Å². The van der Waals surface area contributed by atoms with Crippen molar-refractivity contribution in [2.24, 2.45) is 0 Å². The van der Waals surface area contributed by atoms with E-state index in [9.17, 15) is 19.5 Å². The van der Waals surface area contributed by atoms with E-state index in [1.165, 1.54) is 7.11 Å². The topological polar surface area (TPSA) is 141 Å². The van der Waals surface area contributed by atoms with Crippen molar-refractivity contribution in [3.05, 3.63) is 162 Å². The number of hydrogen-bond acceptors (Lipinski definition) is 9. The first-order valence-electron chi connectivity index (χ1n) is 21.1. The van der Waals surface area contributed by atoms with Gasteiger partial charge in [-0.25, -0.2) is 4.79 Å². The molecule has 0 saturated carbocycles. The van der Waals surface area contributed by atoms with Crippen LogP contribution < -0.4 is 26.0 Å². The highest BCUT2D eigenvalue weighted by molar-refractivity contribution is 6.02. The number of piperidine rings is 1. The largest absolute Gasteiger partial charge is 0.504 e. The van der Waals surface area contributed by atoms with Gasteiger partial charge in [0.15, 0.2) is 17.3 Å². The molecule has 6 aromatic rings. The molecule has 0 aliphatic carbocycles. The van der Waals surface area contributed by atoms with Crippen molar-refractivity contribution in [2.45, 2.75) is 25.5 Å². The number of likely N-dealkylation sites (tertiary alicyclic amines) is 1. The first-order valence-corrected chi connectivity index (χ1v) is 21.1. The Morgan fingerprint density at radius 3 is 2.08 bits per heavy atom. The van der Waals surface area contributed by atoms with Crippen molar-refractivity contribution in [3.63, 3.8) is 0 Å². The third-order valence-corrected chi connectivity index (χ3v) is 11.0. The van der Waals surface area contributed by atoms with E-state index in [1.54, 1.807) is 42.5 Å². The number of aromatic hydroxyl groups is 1. The van der Waals surface area contributed by atoms with Gasteiger partial charge in [-0.1, -0.05) is 115 Å². The van der Waals surface area contributed by atoms with E-state index in [4.69, 9.17) is 9.47 Å². The molecule has 1 saturated heterocycles. The number of nitrogens with zero attached hydrogens (tertiary/aromatic N) is 1. The Balaban J connectivity index is 0.850. The fourth-order valence-electron chi connectivity index (χ4n) is 7.72. The summed E-state index contributed by atoms with van der Waals surface area (Å²) >= 11 is 0. The summed E-state index contributed by atoms with van der Waals surface area (Å²) in [7, 11) is 1.50. The molecule has 11 heteroatoms. The number of methoxy groups -OCH3 is 1. The molecular weight excluding hydrogens is 779 g/mol. The number of nitrogens with one attached hydrogen (secondary N) is 4. The van der Waals surface area contributed by atoms with Gasteiger partial charge in [0, 0.05) is 62.5 Å². The number of amides is 2. The summed E-state index contributed by atoms with van der Waals surface area (Å²) in [6.45, 7) is 4.55. The van der Waals surface area contributed by atoms with Crippen LogP contribution >= 0.6 is 0 Å². The molecule has 1 heterocycles. The molecule has 7 rings (SSSR count). The average molecular weight is 832 g/mol. The van der Waals surface area contributed by atoms with E-state index in [-0.39, 0.29) is 30.1 Å². The van der Waals surface area contributed by atoms with Crippen LogP contribution in [0.4, 0.5) is 10.5 Å². The zero-order valence-electron chi connectivity index (χ0n) is 34.9. The van der Waals surface area contributed by atoms with E-state index < -0.39 is 6.09 Å². The highest BCUT2D eigenvalue weighted by Crippen LogP contribution is 2.42. The SMILES string of the molecule is COc1cc(CNCCNC(=O)c2cccc(C(=O)CNCCN3CCC(OC(=O)Nc4cccc(-c5ccccc5)c4-c4ccccc4-c4ccccc4)CC3)c2)ccc1O. The lowest BCUT2D eigenvalue weighted by molar-refractivity contribution is 0.0593. The lowest BCUT2D eigenvalue weighted by atomic mass is 9.88. The van der Waals surface area contributed by atoms with Crippen molar-refractivity contribution >= 4 is 23.5 Å². The van der Waals surface area contributed by atoms with Gasteiger partial charge >= 0.3 is 6.09 Å². The zero-order valence-corrected chi connectivity index (χ0v) is 34.9. The van der Waals surface area contributed by atoms with Gasteiger partial charge in [0.25, 0.3) is 5.91 Å². The van der Waals surface area contributed by atoms with Gasteiger partial charge in [-0.15, -0.1) is 0 Å². The maximum Gasteiger partial charge on any atom is 0.411 e. The van der Waals surface area contributed by atoms with E-state index in [2.05, 4.69) is 68.6 Å². The minimum atomic E-state index is -0.477. The molecule has 2 amide bonds. The fraction of sp³-hybridized carbons (Fsp3) is 0.235. The number of ether oxygens (including phenoxy) is 2. The minimum absolute atomic E-state index is 0.0850. The number of carbonyl (C=O) groups is 3. The van der Waals surface area contributed by atoms with Crippen LogP contribution in [0.25, 0.3) is 33.4 Å². The van der Waals surface area contributed by atoms with Crippen molar-refractivity contribution in [2.75, 3.05) is 58.2 Å². The van der Waals surface area contributed by atoms with Crippen molar-refractivity contribution in [1.82, 2.24) is 20.9 Å². The Morgan fingerprint density at radius 1 is 0.677 bits per heavy atom. The molecule has 1 aliphatic heterocycles. The highest BCUT2D eigenvalue weighted by atomic mass is 16.6. The summed E-state index contributed by atoms with van der Waals surface area (Å²) in [6.07, 6.45) is 0.723. The number of carbonyl (C=O) groups excluding carboxylic acids is 3. The molecule has 0 atom stereocenters. The lowest BCUT2D eigenvalue weighted by Crippen LogP contribution is -2.42. The van der Waals surface area contributed by atoms with Crippen LogP contribution in [-0.2, 0) is 11.3 Å². The first kappa shape index (κ1) is 43.3. The smallest absolute Gasteiger partial charge is 0.411 e. The van der Waals surface area contributed by atoms with Gasteiger partial charge in [0.05, 0.1) is 19.3 Å². The molecule has 1 aliphatic rings. The summed E-state index contributed by atoms with van der Waals surface area (Å²) in [5.74, 6) is 0.149. The van der Waals surface area contributed by atoms with Crippen LogP contribution in [0.5, 0.6) is 11.5 Å². The predicted octanol–water partition coefficient (Wildman–Crippen LogP) is 8.41. The number of Topliss-reactive ketones (excluding diaryl/α,β-unsaturated/α-hetero) is 1. The van der Waals surface area contributed by atoms with Crippen LogP contribution in [-0.4, -0.2) is 86.8 Å². The molecule has 62 heavy (non-hydrogen) atoms. The molecule has 0 radical (unpaired) electrons. The average Bonchev–Trinajstić information content (AvgIpc) is 3.31. The van der Waals surface area contributed by atoms with Crippen molar-refractivity contribution in [1.29, 1.82) is 0 Å². The number of ketones is 1. The quantitative estimate of drug-likeness (QED) is 0.0427. The number of phenols is 1. The van der Waals surface area contributed by atoms with Crippen molar-refractivity contribution < 1.29 is 29.0 Å². The monoisotopic (exact) mass is 831 g/mol. The maximum atomic E-state index is 13.5. The van der Waals surface area contributed by atoms with Gasteiger partial charge < -0.3 is 35.4 Å². The van der Waals surface area contributed by atoms with Crippen molar-refractivity contribution in [3.8, 4) is 44.9 Å². The molecule has 5 N–H and O–H groups in total. The van der Waals surface area contributed by atoms with Crippen LogP contribution in [0.15, 0.2) is 146 Å². The van der Waals surface area contributed by atoms with Crippen LogP contribution in [0.2, 0.25) is 0 Å². The summed E-state index contributed by atoms with van der Waals surface area (Å²) in [5, 5.41) is 22.3. The van der Waals surface area contributed by atoms with E-state index in [0.29, 0.717) is 61.6 Å². The van der Waals surface area contributed by atoms with E-state index in [0.717, 1.165) is 58.6 Å². The zero-order chi connectivity index (χ0) is 43.1. The standard InChI is InChI=1S/C51H53N5O6/c1-61-48-32-36(22-23-46(48)57)34-52-26-27-54-50(59)40-17-10-16-39(33-40)47(58)35-53-28-31-56-29-24-41(25-30-56)62-51(60)55-45-21-11-20-43(38-14-6-3-7-15-38)49(45)44-19-9-8-18-42(44)37-12-4-2-5-13-37/h2-23,32-33,41,52-53,57H,24-31,34-35H2,1H3,(H,54,59)(H,55,60). The van der Waals surface area contributed by atoms with E-state index >= 15 is 0 Å². The second-order valence-electron chi connectivity index (χ2n) is 15.2. The summed E-state index contributed by atoms with van der Waals surface area (Å²) in [6, 6.07) is 46.6. The normalized spacial score (nSPS) is 13.0. The molecular formula is C51H53N5O6. The number of hydrogen-bond donors (Lipinski definition) is 5.